The lowest BCUT2D eigenvalue weighted by Crippen LogP contribution is -2.11. The standard InChI is InChI=1S/C14H15ClN4O2/c1-2-21-14(20)12-5-6-19(18-12)8-10-4-3-9(13(16)17)7-11(10)15/h3-7H,2,8H2,1H3,(H3,16,17). The topological polar surface area (TPSA) is 94.0 Å². The second-order valence-corrected chi connectivity index (χ2v) is 4.75. The molecule has 0 atom stereocenters. The minimum absolute atomic E-state index is 0.0351. The maximum Gasteiger partial charge on any atom is 0.358 e. The summed E-state index contributed by atoms with van der Waals surface area (Å²) in [6.45, 7) is 2.46. The highest BCUT2D eigenvalue weighted by atomic mass is 35.5. The molecule has 0 amide bonds. The molecule has 0 spiro atoms. The predicted molar refractivity (Wildman–Crippen MR) is 79.8 cm³/mol. The Kier molecular flexibility index (Phi) is 4.59. The van der Waals surface area contributed by atoms with Gasteiger partial charge in [0.1, 0.15) is 5.84 Å². The molecular weight excluding hydrogens is 292 g/mol. The van der Waals surface area contributed by atoms with Gasteiger partial charge in [-0.1, -0.05) is 23.7 Å². The molecule has 0 saturated heterocycles. The largest absolute Gasteiger partial charge is 0.461 e. The van der Waals surface area contributed by atoms with Crippen LogP contribution in [-0.4, -0.2) is 28.2 Å². The molecule has 2 aromatic rings. The number of benzene rings is 1. The Labute approximate surface area is 127 Å². The summed E-state index contributed by atoms with van der Waals surface area (Å²) in [6, 6.07) is 6.73. The van der Waals surface area contributed by atoms with Crippen molar-refractivity contribution in [2.45, 2.75) is 13.5 Å². The fraction of sp³-hybridized carbons (Fsp3) is 0.214. The second-order valence-electron chi connectivity index (χ2n) is 4.34. The molecule has 1 aromatic carbocycles. The van der Waals surface area contributed by atoms with Crippen molar-refractivity contribution in [2.24, 2.45) is 5.73 Å². The number of nitrogens with one attached hydrogen (secondary N) is 1. The summed E-state index contributed by atoms with van der Waals surface area (Å²) in [7, 11) is 0. The van der Waals surface area contributed by atoms with Crippen molar-refractivity contribution >= 4 is 23.4 Å². The van der Waals surface area contributed by atoms with E-state index in [1.807, 2.05) is 0 Å². The molecule has 1 heterocycles. The zero-order valence-electron chi connectivity index (χ0n) is 11.5. The molecule has 3 N–H and O–H groups in total. The zero-order valence-corrected chi connectivity index (χ0v) is 12.2. The van der Waals surface area contributed by atoms with Crippen LogP contribution in [0.5, 0.6) is 0 Å². The van der Waals surface area contributed by atoms with E-state index in [9.17, 15) is 4.79 Å². The van der Waals surface area contributed by atoms with Gasteiger partial charge in [-0.15, -0.1) is 0 Å². The molecule has 0 radical (unpaired) electrons. The van der Waals surface area contributed by atoms with Crippen LogP contribution < -0.4 is 5.73 Å². The average Bonchev–Trinajstić information content (AvgIpc) is 2.90. The van der Waals surface area contributed by atoms with E-state index < -0.39 is 5.97 Å². The Morgan fingerprint density at radius 1 is 1.48 bits per heavy atom. The number of nitrogen functional groups attached to an aromatic ring is 1. The lowest BCUT2D eigenvalue weighted by Gasteiger charge is -2.07. The first-order chi connectivity index (χ1) is 10.0. The van der Waals surface area contributed by atoms with Crippen LogP contribution in [0.15, 0.2) is 30.5 Å². The Morgan fingerprint density at radius 2 is 2.24 bits per heavy atom. The summed E-state index contributed by atoms with van der Waals surface area (Å²) < 4.78 is 6.48. The van der Waals surface area contributed by atoms with Crippen LogP contribution in [-0.2, 0) is 11.3 Å². The molecule has 0 aliphatic rings. The number of hydrogen-bond donors (Lipinski definition) is 2. The molecule has 6 nitrogen and oxygen atoms in total. The number of esters is 1. The maximum absolute atomic E-state index is 11.5. The molecule has 7 heteroatoms. The van der Waals surface area contributed by atoms with Crippen LogP contribution in [0.1, 0.15) is 28.5 Å². The van der Waals surface area contributed by atoms with Crippen LogP contribution in [0, 0.1) is 5.41 Å². The van der Waals surface area contributed by atoms with Crippen molar-refractivity contribution in [1.29, 1.82) is 5.41 Å². The number of halogens is 1. The van der Waals surface area contributed by atoms with Crippen LogP contribution in [0.3, 0.4) is 0 Å². The number of ether oxygens (including phenoxy) is 1. The Balaban J connectivity index is 2.15. The quantitative estimate of drug-likeness (QED) is 0.502. The van der Waals surface area contributed by atoms with Crippen LogP contribution in [0.25, 0.3) is 0 Å². The van der Waals surface area contributed by atoms with Crippen LogP contribution in [0.4, 0.5) is 0 Å². The van der Waals surface area contributed by atoms with Gasteiger partial charge in [-0.05, 0) is 24.6 Å². The van der Waals surface area contributed by atoms with Crippen LogP contribution >= 0.6 is 11.6 Å². The van der Waals surface area contributed by atoms with Gasteiger partial charge in [0.15, 0.2) is 5.69 Å². The molecule has 0 saturated carbocycles. The van der Waals surface area contributed by atoms with Gasteiger partial charge in [0, 0.05) is 16.8 Å². The number of carbonyl (C=O) groups is 1. The highest BCUT2D eigenvalue weighted by molar-refractivity contribution is 6.31. The summed E-state index contributed by atoms with van der Waals surface area (Å²) in [5, 5.41) is 12.0. The molecule has 0 fully saturated rings. The zero-order chi connectivity index (χ0) is 15.4. The molecular formula is C14H15ClN4O2. The Hall–Kier alpha value is -2.34. The lowest BCUT2D eigenvalue weighted by molar-refractivity contribution is 0.0518. The average molecular weight is 307 g/mol. The minimum Gasteiger partial charge on any atom is -0.461 e. The molecule has 21 heavy (non-hydrogen) atoms. The third-order valence-electron chi connectivity index (χ3n) is 2.82. The van der Waals surface area contributed by atoms with Crippen LogP contribution in [0.2, 0.25) is 5.02 Å². The molecule has 0 unspecified atom stereocenters. The van der Waals surface area contributed by atoms with Gasteiger partial charge in [0.2, 0.25) is 0 Å². The van der Waals surface area contributed by atoms with Gasteiger partial charge in [-0.3, -0.25) is 10.1 Å². The van der Waals surface area contributed by atoms with Crippen molar-refractivity contribution in [1.82, 2.24) is 9.78 Å². The van der Waals surface area contributed by atoms with Gasteiger partial charge < -0.3 is 10.5 Å². The van der Waals surface area contributed by atoms with Gasteiger partial charge >= 0.3 is 5.97 Å². The van der Waals surface area contributed by atoms with Crippen molar-refractivity contribution in [3.63, 3.8) is 0 Å². The second kappa shape index (κ2) is 6.41. The molecule has 0 aliphatic carbocycles. The highest BCUT2D eigenvalue weighted by Crippen LogP contribution is 2.19. The normalized spacial score (nSPS) is 10.4. The number of carbonyl (C=O) groups excluding carboxylic acids is 1. The van der Waals surface area contributed by atoms with E-state index >= 15 is 0 Å². The van der Waals surface area contributed by atoms with E-state index in [0.29, 0.717) is 23.7 Å². The van der Waals surface area contributed by atoms with E-state index in [2.05, 4.69) is 5.10 Å². The molecule has 110 valence electrons. The summed E-state index contributed by atoms with van der Waals surface area (Å²) in [5.41, 5.74) is 7.05. The molecule has 1 aromatic heterocycles. The number of hydrogen-bond acceptors (Lipinski definition) is 4. The van der Waals surface area contributed by atoms with Crippen molar-refractivity contribution < 1.29 is 9.53 Å². The Bertz CT molecular complexity index is 681. The van der Waals surface area contributed by atoms with Gasteiger partial charge in [-0.2, -0.15) is 5.10 Å². The third kappa shape index (κ3) is 3.61. The highest BCUT2D eigenvalue weighted by Gasteiger charge is 2.11. The van der Waals surface area contributed by atoms with E-state index in [1.54, 1.807) is 42.1 Å². The predicted octanol–water partition coefficient (Wildman–Crippen LogP) is 2.05. The molecule has 0 aliphatic heterocycles. The summed E-state index contributed by atoms with van der Waals surface area (Å²) >= 11 is 6.16. The summed E-state index contributed by atoms with van der Waals surface area (Å²) in [6.07, 6.45) is 1.68. The van der Waals surface area contributed by atoms with Crippen molar-refractivity contribution in [3.8, 4) is 0 Å². The first-order valence-corrected chi connectivity index (χ1v) is 6.72. The van der Waals surface area contributed by atoms with Gasteiger partial charge in [-0.25, -0.2) is 4.79 Å². The minimum atomic E-state index is -0.450. The van der Waals surface area contributed by atoms with E-state index in [4.69, 9.17) is 27.5 Å². The first-order valence-electron chi connectivity index (χ1n) is 6.34. The molecule has 2 rings (SSSR count). The fourth-order valence-electron chi connectivity index (χ4n) is 1.78. The lowest BCUT2D eigenvalue weighted by atomic mass is 10.1. The third-order valence-corrected chi connectivity index (χ3v) is 3.17. The first kappa shape index (κ1) is 15.1. The smallest absolute Gasteiger partial charge is 0.358 e. The number of aromatic nitrogens is 2. The number of amidine groups is 1. The number of nitrogens with zero attached hydrogens (tertiary/aromatic N) is 2. The van der Waals surface area contributed by atoms with E-state index in [1.165, 1.54) is 0 Å². The van der Waals surface area contributed by atoms with Gasteiger partial charge in [0.25, 0.3) is 0 Å². The van der Waals surface area contributed by atoms with E-state index in [0.717, 1.165) is 5.56 Å². The van der Waals surface area contributed by atoms with E-state index in [-0.39, 0.29) is 11.5 Å². The maximum atomic E-state index is 11.5. The SMILES string of the molecule is CCOC(=O)c1ccn(Cc2ccc(C(=N)N)cc2Cl)n1. The van der Waals surface area contributed by atoms with Crippen molar-refractivity contribution in [2.75, 3.05) is 6.61 Å². The molecule has 0 bridgehead atoms. The summed E-state index contributed by atoms with van der Waals surface area (Å²) in [5.74, 6) is -0.485. The van der Waals surface area contributed by atoms with Crippen molar-refractivity contribution in [3.05, 3.63) is 52.3 Å². The summed E-state index contributed by atoms with van der Waals surface area (Å²) in [4.78, 5) is 11.5. The number of nitrogens with two attached hydrogens (primary N) is 1. The Morgan fingerprint density at radius 3 is 2.86 bits per heavy atom. The van der Waals surface area contributed by atoms with Gasteiger partial charge in [0.05, 0.1) is 13.2 Å². The monoisotopic (exact) mass is 306 g/mol. The fourth-order valence-corrected chi connectivity index (χ4v) is 2.02. The number of rotatable bonds is 5.